The normalized spacial score (nSPS) is 10.5. The summed E-state index contributed by atoms with van der Waals surface area (Å²) in [5.41, 5.74) is 1.20. The van der Waals surface area contributed by atoms with E-state index >= 15 is 0 Å². The third kappa shape index (κ3) is 2.98. The molecule has 2 aromatic rings. The average Bonchev–Trinajstić information content (AvgIpc) is 2.78. The second-order valence-corrected chi connectivity index (χ2v) is 5.25. The number of halogens is 2. The van der Waals surface area contributed by atoms with Gasteiger partial charge in [0.15, 0.2) is 0 Å². The summed E-state index contributed by atoms with van der Waals surface area (Å²) in [6, 6.07) is 5.23. The highest BCUT2D eigenvalue weighted by Crippen LogP contribution is 2.19. The minimum atomic E-state index is -0.637. The minimum Gasteiger partial charge on any atom is -0.337 e. The number of benzene rings is 1. The largest absolute Gasteiger partial charge is 0.337 e. The van der Waals surface area contributed by atoms with Crippen LogP contribution in [0.3, 0.4) is 0 Å². The first-order valence-electron chi connectivity index (χ1n) is 5.72. The standard InChI is InChI=1S/C14H13F2NOS/c1-9-5-6-19-13(9)14(18)17(2)8-10-3-4-11(15)7-12(10)16/h3-7H,8H2,1-2H3. The molecule has 2 nitrogen and oxygen atoms in total. The molecule has 0 fully saturated rings. The Morgan fingerprint density at radius 3 is 2.63 bits per heavy atom. The summed E-state index contributed by atoms with van der Waals surface area (Å²) in [5, 5.41) is 1.84. The number of hydrogen-bond acceptors (Lipinski definition) is 2. The zero-order valence-corrected chi connectivity index (χ0v) is 11.4. The number of nitrogens with zero attached hydrogens (tertiary/aromatic N) is 1. The SMILES string of the molecule is Cc1ccsc1C(=O)N(C)Cc1ccc(F)cc1F. The summed E-state index contributed by atoms with van der Waals surface area (Å²) in [6.45, 7) is 1.97. The number of carbonyl (C=O) groups is 1. The van der Waals surface area contributed by atoms with Gasteiger partial charge in [0.2, 0.25) is 0 Å². The van der Waals surface area contributed by atoms with E-state index in [2.05, 4.69) is 0 Å². The van der Waals surface area contributed by atoms with Crippen LogP contribution in [0.15, 0.2) is 29.6 Å². The maximum absolute atomic E-state index is 13.5. The van der Waals surface area contributed by atoms with Crippen LogP contribution in [0.2, 0.25) is 0 Å². The first-order chi connectivity index (χ1) is 8.99. The molecule has 1 aromatic heterocycles. The Hall–Kier alpha value is -1.75. The minimum absolute atomic E-state index is 0.113. The topological polar surface area (TPSA) is 20.3 Å². The Balaban J connectivity index is 2.15. The van der Waals surface area contributed by atoms with Crippen molar-refractivity contribution >= 4 is 17.2 Å². The molecule has 19 heavy (non-hydrogen) atoms. The van der Waals surface area contributed by atoms with Gasteiger partial charge in [-0.25, -0.2) is 8.78 Å². The lowest BCUT2D eigenvalue weighted by atomic mass is 10.2. The molecule has 2 rings (SSSR count). The number of rotatable bonds is 3. The van der Waals surface area contributed by atoms with Crippen LogP contribution in [0.5, 0.6) is 0 Å². The van der Waals surface area contributed by atoms with Gasteiger partial charge in [0, 0.05) is 25.2 Å². The summed E-state index contributed by atoms with van der Waals surface area (Å²) in [6.07, 6.45) is 0. The molecule has 0 spiro atoms. The highest BCUT2D eigenvalue weighted by atomic mass is 32.1. The van der Waals surface area contributed by atoms with Crippen molar-refractivity contribution in [3.05, 3.63) is 57.3 Å². The lowest BCUT2D eigenvalue weighted by molar-refractivity contribution is 0.0788. The van der Waals surface area contributed by atoms with E-state index in [1.54, 1.807) is 7.05 Å². The van der Waals surface area contributed by atoms with Crippen molar-refractivity contribution in [2.45, 2.75) is 13.5 Å². The predicted molar refractivity (Wildman–Crippen MR) is 71.2 cm³/mol. The molecule has 0 N–H and O–H groups in total. The smallest absolute Gasteiger partial charge is 0.264 e. The molecule has 0 aliphatic heterocycles. The summed E-state index contributed by atoms with van der Waals surface area (Å²) in [4.78, 5) is 14.2. The molecule has 0 saturated heterocycles. The van der Waals surface area contributed by atoms with Crippen LogP contribution in [0, 0.1) is 18.6 Å². The second-order valence-electron chi connectivity index (χ2n) is 4.33. The fraction of sp³-hybridized carbons (Fsp3) is 0.214. The Morgan fingerprint density at radius 1 is 1.32 bits per heavy atom. The van der Waals surface area contributed by atoms with Gasteiger partial charge in [0.25, 0.3) is 5.91 Å². The summed E-state index contributed by atoms with van der Waals surface area (Å²) in [5.74, 6) is -1.41. The molecular formula is C14H13F2NOS. The quantitative estimate of drug-likeness (QED) is 0.841. The monoisotopic (exact) mass is 281 g/mol. The maximum Gasteiger partial charge on any atom is 0.264 e. The Kier molecular flexibility index (Phi) is 3.95. The molecule has 1 heterocycles. The zero-order chi connectivity index (χ0) is 14.0. The van der Waals surface area contributed by atoms with E-state index in [-0.39, 0.29) is 12.5 Å². The van der Waals surface area contributed by atoms with Crippen molar-refractivity contribution < 1.29 is 13.6 Å². The maximum atomic E-state index is 13.5. The van der Waals surface area contributed by atoms with E-state index in [0.29, 0.717) is 10.4 Å². The molecule has 1 aromatic carbocycles. The average molecular weight is 281 g/mol. The van der Waals surface area contributed by atoms with Crippen LogP contribution in [0.1, 0.15) is 20.8 Å². The van der Waals surface area contributed by atoms with Crippen molar-refractivity contribution in [3.8, 4) is 0 Å². The van der Waals surface area contributed by atoms with Gasteiger partial charge in [-0.2, -0.15) is 0 Å². The predicted octanol–water partition coefficient (Wildman–Crippen LogP) is 3.61. The third-order valence-corrected chi connectivity index (χ3v) is 3.83. The number of amides is 1. The van der Waals surface area contributed by atoms with E-state index in [1.807, 2.05) is 18.4 Å². The first kappa shape index (κ1) is 13.7. The third-order valence-electron chi connectivity index (χ3n) is 2.83. The van der Waals surface area contributed by atoms with Crippen LogP contribution in [0.4, 0.5) is 8.78 Å². The van der Waals surface area contributed by atoms with Gasteiger partial charge >= 0.3 is 0 Å². The molecule has 0 atom stereocenters. The van der Waals surface area contributed by atoms with Crippen LogP contribution < -0.4 is 0 Å². The van der Waals surface area contributed by atoms with Crippen molar-refractivity contribution in [1.82, 2.24) is 4.90 Å². The van der Waals surface area contributed by atoms with Crippen LogP contribution in [-0.2, 0) is 6.54 Å². The zero-order valence-electron chi connectivity index (χ0n) is 10.6. The highest BCUT2D eigenvalue weighted by molar-refractivity contribution is 7.12. The lowest BCUT2D eigenvalue weighted by Crippen LogP contribution is -2.26. The molecule has 100 valence electrons. The molecule has 0 aliphatic carbocycles. The molecule has 1 amide bonds. The van der Waals surface area contributed by atoms with Gasteiger partial charge in [-0.1, -0.05) is 6.07 Å². The van der Waals surface area contributed by atoms with E-state index in [0.717, 1.165) is 11.6 Å². The first-order valence-corrected chi connectivity index (χ1v) is 6.60. The van der Waals surface area contributed by atoms with Gasteiger partial charge in [-0.05, 0) is 30.0 Å². The van der Waals surface area contributed by atoms with Gasteiger partial charge in [0.05, 0.1) is 4.88 Å². The molecule has 0 radical (unpaired) electrons. The number of hydrogen-bond donors (Lipinski definition) is 0. The number of thiophene rings is 1. The molecular weight excluding hydrogens is 268 g/mol. The molecule has 0 saturated carbocycles. The van der Waals surface area contributed by atoms with Gasteiger partial charge in [-0.15, -0.1) is 11.3 Å². The lowest BCUT2D eigenvalue weighted by Gasteiger charge is -2.17. The van der Waals surface area contributed by atoms with Crippen LogP contribution in [-0.4, -0.2) is 17.9 Å². The van der Waals surface area contributed by atoms with Crippen molar-refractivity contribution in [1.29, 1.82) is 0 Å². The van der Waals surface area contributed by atoms with Crippen LogP contribution >= 0.6 is 11.3 Å². The van der Waals surface area contributed by atoms with Crippen molar-refractivity contribution in [3.63, 3.8) is 0 Å². The van der Waals surface area contributed by atoms with Gasteiger partial charge < -0.3 is 4.90 Å². The van der Waals surface area contributed by atoms with E-state index in [1.165, 1.54) is 28.4 Å². The van der Waals surface area contributed by atoms with Crippen LogP contribution in [0.25, 0.3) is 0 Å². The number of aryl methyl sites for hydroxylation is 1. The summed E-state index contributed by atoms with van der Waals surface area (Å²) >= 11 is 1.36. The second kappa shape index (κ2) is 5.48. The summed E-state index contributed by atoms with van der Waals surface area (Å²) in [7, 11) is 1.60. The van der Waals surface area contributed by atoms with Gasteiger partial charge in [-0.3, -0.25) is 4.79 Å². The molecule has 0 bridgehead atoms. The van der Waals surface area contributed by atoms with E-state index in [9.17, 15) is 13.6 Å². The fourth-order valence-corrected chi connectivity index (χ4v) is 2.66. The molecule has 5 heteroatoms. The van der Waals surface area contributed by atoms with E-state index < -0.39 is 11.6 Å². The number of carbonyl (C=O) groups excluding carboxylic acids is 1. The Labute approximate surface area is 114 Å². The summed E-state index contributed by atoms with van der Waals surface area (Å²) < 4.78 is 26.3. The van der Waals surface area contributed by atoms with Crippen molar-refractivity contribution in [2.75, 3.05) is 7.05 Å². The Bertz CT molecular complexity index is 609. The highest BCUT2D eigenvalue weighted by Gasteiger charge is 2.17. The molecule has 0 unspecified atom stereocenters. The molecule has 0 aliphatic rings. The van der Waals surface area contributed by atoms with Crippen molar-refractivity contribution in [2.24, 2.45) is 0 Å². The van der Waals surface area contributed by atoms with Gasteiger partial charge in [0.1, 0.15) is 11.6 Å². The Morgan fingerprint density at radius 2 is 2.05 bits per heavy atom. The van der Waals surface area contributed by atoms with E-state index in [4.69, 9.17) is 0 Å². The fourth-order valence-electron chi connectivity index (χ4n) is 1.74.